The summed E-state index contributed by atoms with van der Waals surface area (Å²) in [5.41, 5.74) is 6.54. The molecule has 1 aliphatic rings. The highest BCUT2D eigenvalue weighted by Gasteiger charge is 2.28. The van der Waals surface area contributed by atoms with E-state index in [0.717, 1.165) is 25.1 Å². The van der Waals surface area contributed by atoms with E-state index in [4.69, 9.17) is 26.8 Å². The smallest absolute Gasteiger partial charge is 0.255 e. The van der Waals surface area contributed by atoms with Crippen LogP contribution in [0.25, 0.3) is 0 Å². The molecule has 0 aliphatic carbocycles. The van der Waals surface area contributed by atoms with Gasteiger partial charge in [0.15, 0.2) is 0 Å². The second-order valence-corrected chi connectivity index (χ2v) is 9.73. The third-order valence-corrected chi connectivity index (χ3v) is 7.12. The maximum Gasteiger partial charge on any atom is 0.255 e. The summed E-state index contributed by atoms with van der Waals surface area (Å²) in [6.45, 7) is 2.24. The standard InChI is InChI=1S/C23H29ClIN3O4/c1-31-21-11-20(26)19(24)10-18(21)23(30)27-12-15-7-8-28(22(25)9-15)13-16(29)14-32-17-5-3-2-4-6-17/h2-6,10-11,15-16,22,29H,7-9,12-14,26H2,1H3,(H,27,30). The Labute approximate surface area is 207 Å². The number of nitrogens with one attached hydrogen (secondary N) is 1. The van der Waals surface area contributed by atoms with Crippen molar-refractivity contribution in [2.24, 2.45) is 5.92 Å². The van der Waals surface area contributed by atoms with Crippen molar-refractivity contribution in [1.82, 2.24) is 10.2 Å². The fourth-order valence-electron chi connectivity index (χ4n) is 3.70. The Morgan fingerprint density at radius 2 is 2.12 bits per heavy atom. The number of amides is 1. The number of alkyl halides is 1. The molecule has 0 saturated carbocycles. The Kier molecular flexibility index (Phi) is 9.27. The van der Waals surface area contributed by atoms with Crippen LogP contribution in [-0.2, 0) is 0 Å². The van der Waals surface area contributed by atoms with Crippen LogP contribution in [0.4, 0.5) is 5.69 Å². The minimum atomic E-state index is -0.563. The Balaban J connectivity index is 1.44. The molecule has 3 unspecified atom stereocenters. The first kappa shape index (κ1) is 24.9. The minimum absolute atomic E-state index is 0.232. The van der Waals surface area contributed by atoms with Gasteiger partial charge in [-0.3, -0.25) is 9.69 Å². The van der Waals surface area contributed by atoms with Crippen molar-refractivity contribution in [2.45, 2.75) is 23.0 Å². The molecule has 9 heteroatoms. The van der Waals surface area contributed by atoms with Crippen molar-refractivity contribution in [1.29, 1.82) is 0 Å². The number of hydrogen-bond donors (Lipinski definition) is 3. The highest BCUT2D eigenvalue weighted by molar-refractivity contribution is 14.1. The van der Waals surface area contributed by atoms with E-state index in [9.17, 15) is 9.90 Å². The first-order chi connectivity index (χ1) is 15.4. The Bertz CT molecular complexity index is 902. The zero-order valence-corrected chi connectivity index (χ0v) is 20.9. The van der Waals surface area contributed by atoms with Gasteiger partial charge >= 0.3 is 0 Å². The lowest BCUT2D eigenvalue weighted by Gasteiger charge is -2.37. The molecule has 2 aromatic rings. The summed E-state index contributed by atoms with van der Waals surface area (Å²) in [6, 6.07) is 12.6. The van der Waals surface area contributed by atoms with Gasteiger partial charge in [0.1, 0.15) is 24.2 Å². The SMILES string of the molecule is COc1cc(N)c(Cl)cc1C(=O)NCC1CCN(CC(O)COc2ccccc2)C(I)C1. The first-order valence-electron chi connectivity index (χ1n) is 10.5. The van der Waals surface area contributed by atoms with Gasteiger partial charge in [-0.25, -0.2) is 0 Å². The number of carbonyl (C=O) groups excluding carboxylic acids is 1. The number of nitrogens with zero attached hydrogens (tertiary/aromatic N) is 1. The molecule has 1 amide bonds. The Hall–Kier alpha value is -1.75. The van der Waals surface area contributed by atoms with E-state index in [2.05, 4.69) is 32.8 Å². The van der Waals surface area contributed by atoms with Crippen molar-refractivity contribution in [3.8, 4) is 11.5 Å². The summed E-state index contributed by atoms with van der Waals surface area (Å²) in [5.74, 6) is 1.28. The fraction of sp³-hybridized carbons (Fsp3) is 0.435. The molecule has 1 fully saturated rings. The van der Waals surface area contributed by atoms with Crippen LogP contribution in [0.5, 0.6) is 11.5 Å². The predicted molar refractivity (Wildman–Crippen MR) is 135 cm³/mol. The van der Waals surface area contributed by atoms with E-state index in [1.807, 2.05) is 30.3 Å². The number of nitrogen functional groups attached to an aromatic ring is 1. The second kappa shape index (κ2) is 11.9. The zero-order valence-electron chi connectivity index (χ0n) is 18.0. The number of aliphatic hydroxyl groups excluding tert-OH is 1. The van der Waals surface area contributed by atoms with Gasteiger partial charge in [0.05, 0.1) is 27.4 Å². The third kappa shape index (κ3) is 6.87. The van der Waals surface area contributed by atoms with Crippen LogP contribution < -0.4 is 20.5 Å². The van der Waals surface area contributed by atoms with Crippen molar-refractivity contribution >= 4 is 45.8 Å². The number of halogens is 2. The van der Waals surface area contributed by atoms with Crippen LogP contribution >= 0.6 is 34.2 Å². The maximum absolute atomic E-state index is 12.7. The molecule has 2 aromatic carbocycles. The van der Waals surface area contributed by atoms with Gasteiger partial charge in [0, 0.05) is 19.2 Å². The number of β-amino-alcohol motifs (C(OH)–C–C–N with tert-alkyl or cyclic N) is 1. The molecule has 0 bridgehead atoms. The summed E-state index contributed by atoms with van der Waals surface area (Å²) in [7, 11) is 1.50. The number of hydrogen-bond acceptors (Lipinski definition) is 6. The molecule has 1 heterocycles. The van der Waals surface area contributed by atoms with Gasteiger partial charge in [-0.1, -0.05) is 52.4 Å². The molecule has 0 radical (unpaired) electrons. The topological polar surface area (TPSA) is 97.0 Å². The first-order valence-corrected chi connectivity index (χ1v) is 12.1. The van der Waals surface area contributed by atoms with Crippen LogP contribution in [0.1, 0.15) is 23.2 Å². The number of aliphatic hydroxyl groups is 1. The van der Waals surface area contributed by atoms with Crippen LogP contribution in [-0.4, -0.2) is 59.4 Å². The van der Waals surface area contributed by atoms with E-state index < -0.39 is 6.10 Å². The lowest BCUT2D eigenvalue weighted by atomic mass is 9.96. The third-order valence-electron chi connectivity index (χ3n) is 5.49. The van der Waals surface area contributed by atoms with Gasteiger partial charge in [-0.15, -0.1) is 0 Å². The molecule has 0 aromatic heterocycles. The lowest BCUT2D eigenvalue weighted by molar-refractivity contribution is 0.0513. The van der Waals surface area contributed by atoms with E-state index in [-0.39, 0.29) is 16.6 Å². The number of carbonyl (C=O) groups is 1. The molecule has 0 spiro atoms. The monoisotopic (exact) mass is 573 g/mol. The number of anilines is 1. The molecule has 3 rings (SSSR count). The maximum atomic E-state index is 12.7. The molecule has 4 N–H and O–H groups in total. The van der Waals surface area contributed by atoms with Crippen molar-refractivity contribution in [2.75, 3.05) is 39.1 Å². The van der Waals surface area contributed by atoms with Gasteiger partial charge < -0.3 is 25.6 Å². The van der Waals surface area contributed by atoms with Gasteiger partial charge in [-0.05, 0) is 43.5 Å². The molecule has 1 aliphatic heterocycles. The van der Waals surface area contributed by atoms with Crippen molar-refractivity contribution in [3.63, 3.8) is 0 Å². The molecule has 3 atom stereocenters. The van der Waals surface area contributed by atoms with E-state index in [1.165, 1.54) is 13.2 Å². The van der Waals surface area contributed by atoms with Crippen LogP contribution in [0, 0.1) is 5.92 Å². The van der Waals surface area contributed by atoms with E-state index in [0.29, 0.717) is 41.0 Å². The van der Waals surface area contributed by atoms with Crippen molar-refractivity contribution in [3.05, 3.63) is 53.1 Å². The number of ether oxygens (including phenoxy) is 2. The normalized spacial score (nSPS) is 19.9. The number of para-hydroxylation sites is 1. The Morgan fingerprint density at radius 3 is 2.81 bits per heavy atom. The van der Waals surface area contributed by atoms with E-state index >= 15 is 0 Å². The summed E-state index contributed by atoms with van der Waals surface area (Å²) in [4.78, 5) is 14.9. The average molecular weight is 574 g/mol. The predicted octanol–water partition coefficient (Wildman–Crippen LogP) is 3.57. The molecule has 1 saturated heterocycles. The van der Waals surface area contributed by atoms with Gasteiger partial charge in [0.25, 0.3) is 5.91 Å². The van der Waals surface area contributed by atoms with Crippen LogP contribution in [0.15, 0.2) is 42.5 Å². The van der Waals surface area contributed by atoms with Crippen LogP contribution in [0.2, 0.25) is 5.02 Å². The number of benzene rings is 2. The molecular formula is C23H29ClIN3O4. The summed E-state index contributed by atoms with van der Waals surface area (Å²) >= 11 is 8.48. The van der Waals surface area contributed by atoms with Crippen LogP contribution in [0.3, 0.4) is 0 Å². The molecule has 174 valence electrons. The number of likely N-dealkylation sites (tertiary alicyclic amines) is 1. The van der Waals surface area contributed by atoms with Gasteiger partial charge in [-0.2, -0.15) is 0 Å². The molecule has 32 heavy (non-hydrogen) atoms. The summed E-state index contributed by atoms with van der Waals surface area (Å²) in [5, 5.41) is 13.7. The van der Waals surface area contributed by atoms with Crippen molar-refractivity contribution < 1.29 is 19.4 Å². The number of piperidine rings is 1. The largest absolute Gasteiger partial charge is 0.496 e. The van der Waals surface area contributed by atoms with Gasteiger partial charge in [0.2, 0.25) is 0 Å². The highest BCUT2D eigenvalue weighted by atomic mass is 127. The number of rotatable bonds is 9. The fourth-order valence-corrected chi connectivity index (χ4v) is 5.09. The number of methoxy groups -OCH3 is 1. The van der Waals surface area contributed by atoms with E-state index in [1.54, 1.807) is 6.07 Å². The minimum Gasteiger partial charge on any atom is -0.496 e. The highest BCUT2D eigenvalue weighted by Crippen LogP contribution is 2.30. The molecule has 7 nitrogen and oxygen atoms in total. The average Bonchev–Trinajstić information content (AvgIpc) is 2.79. The lowest BCUT2D eigenvalue weighted by Crippen LogP contribution is -2.46. The Morgan fingerprint density at radius 1 is 1.38 bits per heavy atom. The summed E-state index contributed by atoms with van der Waals surface area (Å²) < 4.78 is 11.2. The number of nitrogens with two attached hydrogens (primary N) is 1. The zero-order chi connectivity index (χ0) is 23.1. The quantitative estimate of drug-likeness (QED) is 0.184. The molecular weight excluding hydrogens is 545 g/mol. The second-order valence-electron chi connectivity index (χ2n) is 7.88. The summed E-state index contributed by atoms with van der Waals surface area (Å²) in [6.07, 6.45) is 1.30.